The fourth-order valence-electron chi connectivity index (χ4n) is 3.85. The van der Waals surface area contributed by atoms with Gasteiger partial charge in [-0.15, -0.1) is 5.10 Å². The van der Waals surface area contributed by atoms with E-state index in [1.807, 2.05) is 31.2 Å². The zero-order valence-electron chi connectivity index (χ0n) is 16.3. The first-order valence-corrected chi connectivity index (χ1v) is 10.9. The Kier molecular flexibility index (Phi) is 5.76. The molecule has 2 aromatic heterocycles. The van der Waals surface area contributed by atoms with Crippen LogP contribution in [0.25, 0.3) is 4.96 Å². The number of hydrogen-bond donors (Lipinski definition) is 1. The summed E-state index contributed by atoms with van der Waals surface area (Å²) in [6, 6.07) is 7.50. The topological polar surface area (TPSA) is 80.0 Å². The van der Waals surface area contributed by atoms with E-state index in [9.17, 15) is 9.90 Å². The van der Waals surface area contributed by atoms with Crippen molar-refractivity contribution in [1.82, 2.24) is 19.5 Å². The van der Waals surface area contributed by atoms with E-state index in [2.05, 4.69) is 15.0 Å². The maximum atomic E-state index is 12.1. The Hall–Kier alpha value is -2.16. The van der Waals surface area contributed by atoms with Gasteiger partial charge >= 0.3 is 5.97 Å². The van der Waals surface area contributed by atoms with E-state index in [0.29, 0.717) is 22.4 Å². The van der Waals surface area contributed by atoms with Crippen LogP contribution in [-0.2, 0) is 9.53 Å². The van der Waals surface area contributed by atoms with Crippen LogP contribution in [0.2, 0.25) is 5.02 Å². The Labute approximate surface area is 177 Å². The average molecular weight is 435 g/mol. The van der Waals surface area contributed by atoms with Crippen LogP contribution in [0.1, 0.15) is 42.1 Å². The summed E-state index contributed by atoms with van der Waals surface area (Å²) < 4.78 is 6.68. The molecule has 1 atom stereocenters. The maximum Gasteiger partial charge on any atom is 0.309 e. The van der Waals surface area contributed by atoms with Crippen molar-refractivity contribution in [3.8, 4) is 5.88 Å². The number of aromatic hydroxyl groups is 1. The summed E-state index contributed by atoms with van der Waals surface area (Å²) in [5.74, 6) is 0.539. The Morgan fingerprint density at radius 3 is 2.66 bits per heavy atom. The third-order valence-corrected chi connectivity index (χ3v) is 6.58. The van der Waals surface area contributed by atoms with Crippen LogP contribution >= 0.6 is 22.9 Å². The Morgan fingerprint density at radius 1 is 1.34 bits per heavy atom. The summed E-state index contributed by atoms with van der Waals surface area (Å²) in [5.41, 5.74) is 1.03. The number of rotatable bonds is 5. The number of aryl methyl sites for hydroxylation is 1. The highest BCUT2D eigenvalue weighted by atomic mass is 35.5. The van der Waals surface area contributed by atoms with Gasteiger partial charge in [0, 0.05) is 5.02 Å². The van der Waals surface area contributed by atoms with E-state index < -0.39 is 0 Å². The molecule has 1 fully saturated rings. The van der Waals surface area contributed by atoms with Crippen molar-refractivity contribution in [1.29, 1.82) is 0 Å². The first kappa shape index (κ1) is 20.1. The standard InChI is InChI=1S/C20H23ClN4O3S/c1-3-28-19(27)14-8-10-24(11-9-14)16(13-4-6-15(21)7-5-13)17-18(26)25-20(29-17)22-12(2)23-25/h4-7,14,16,26H,3,8-11H2,1-2H3/t16-/m0/s1. The highest BCUT2D eigenvalue weighted by molar-refractivity contribution is 7.17. The second-order valence-electron chi connectivity index (χ2n) is 7.16. The second kappa shape index (κ2) is 8.30. The molecule has 1 aliphatic heterocycles. The largest absolute Gasteiger partial charge is 0.492 e. The lowest BCUT2D eigenvalue weighted by molar-refractivity contribution is -0.149. The molecule has 1 saturated heterocycles. The predicted octanol–water partition coefficient (Wildman–Crippen LogP) is 3.82. The molecule has 0 spiro atoms. The molecule has 7 nitrogen and oxygen atoms in total. The Morgan fingerprint density at radius 2 is 2.03 bits per heavy atom. The number of halogens is 1. The number of ether oxygens (including phenoxy) is 1. The van der Waals surface area contributed by atoms with Crippen molar-refractivity contribution < 1.29 is 14.6 Å². The van der Waals surface area contributed by atoms with E-state index in [1.165, 1.54) is 15.9 Å². The molecular formula is C20H23ClN4O3S. The lowest BCUT2D eigenvalue weighted by Crippen LogP contribution is -2.39. The molecule has 4 rings (SSSR count). The monoisotopic (exact) mass is 434 g/mol. The van der Waals surface area contributed by atoms with Crippen molar-refractivity contribution in [2.75, 3.05) is 19.7 Å². The van der Waals surface area contributed by atoms with Gasteiger partial charge in [-0.1, -0.05) is 35.1 Å². The molecule has 29 heavy (non-hydrogen) atoms. The number of carbonyl (C=O) groups is 1. The molecule has 1 aromatic carbocycles. The van der Waals surface area contributed by atoms with Crippen molar-refractivity contribution in [2.24, 2.45) is 5.92 Å². The van der Waals surface area contributed by atoms with Gasteiger partial charge in [0.05, 0.1) is 23.4 Å². The van der Waals surface area contributed by atoms with Crippen molar-refractivity contribution >= 4 is 33.9 Å². The molecule has 9 heteroatoms. The first-order chi connectivity index (χ1) is 14.0. The van der Waals surface area contributed by atoms with Gasteiger partial charge < -0.3 is 9.84 Å². The summed E-state index contributed by atoms with van der Waals surface area (Å²) in [5, 5.41) is 15.8. The second-order valence-corrected chi connectivity index (χ2v) is 8.61. The molecule has 0 aliphatic carbocycles. The van der Waals surface area contributed by atoms with Gasteiger partial charge in [0.1, 0.15) is 5.82 Å². The number of nitrogens with zero attached hydrogens (tertiary/aromatic N) is 4. The van der Waals surface area contributed by atoms with Crippen LogP contribution in [-0.4, -0.2) is 50.3 Å². The van der Waals surface area contributed by atoms with E-state index >= 15 is 0 Å². The van der Waals surface area contributed by atoms with Crippen LogP contribution in [0, 0.1) is 12.8 Å². The summed E-state index contributed by atoms with van der Waals surface area (Å²) in [6.45, 7) is 5.48. The molecule has 1 aliphatic rings. The number of hydrogen-bond acceptors (Lipinski definition) is 7. The van der Waals surface area contributed by atoms with Gasteiger partial charge in [-0.3, -0.25) is 9.69 Å². The van der Waals surface area contributed by atoms with E-state index in [1.54, 1.807) is 6.92 Å². The number of esters is 1. The molecule has 1 N–H and O–H groups in total. The third kappa shape index (κ3) is 3.97. The van der Waals surface area contributed by atoms with Crippen LogP contribution in [0.4, 0.5) is 0 Å². The zero-order chi connectivity index (χ0) is 20.5. The fraction of sp³-hybridized carbons (Fsp3) is 0.450. The van der Waals surface area contributed by atoms with E-state index in [-0.39, 0.29) is 23.8 Å². The average Bonchev–Trinajstić information content (AvgIpc) is 3.22. The number of benzene rings is 1. The summed E-state index contributed by atoms with van der Waals surface area (Å²) in [6.07, 6.45) is 1.45. The van der Waals surface area contributed by atoms with E-state index in [0.717, 1.165) is 36.4 Å². The number of fused-ring (bicyclic) bond motifs is 1. The van der Waals surface area contributed by atoms with Gasteiger partial charge in [0.25, 0.3) is 0 Å². The summed E-state index contributed by atoms with van der Waals surface area (Å²) >= 11 is 7.53. The molecular weight excluding hydrogens is 412 g/mol. The minimum Gasteiger partial charge on any atom is -0.492 e. The van der Waals surface area contributed by atoms with Crippen LogP contribution in [0.15, 0.2) is 24.3 Å². The van der Waals surface area contributed by atoms with Crippen LogP contribution in [0.3, 0.4) is 0 Å². The SMILES string of the molecule is CCOC(=O)C1CCN([C@@H](c2ccc(Cl)cc2)c2sc3nc(C)nn3c2O)CC1. The minimum atomic E-state index is -0.163. The lowest BCUT2D eigenvalue weighted by Gasteiger charge is -2.36. The van der Waals surface area contributed by atoms with Gasteiger partial charge in [0.2, 0.25) is 10.8 Å². The lowest BCUT2D eigenvalue weighted by atomic mass is 9.93. The molecule has 0 unspecified atom stereocenters. The van der Waals surface area contributed by atoms with Gasteiger partial charge in [-0.05, 0) is 57.5 Å². The van der Waals surface area contributed by atoms with Gasteiger partial charge in [0.15, 0.2) is 0 Å². The Balaban J connectivity index is 1.66. The first-order valence-electron chi connectivity index (χ1n) is 9.69. The molecule has 154 valence electrons. The van der Waals surface area contributed by atoms with E-state index in [4.69, 9.17) is 16.3 Å². The quantitative estimate of drug-likeness (QED) is 0.615. The molecule has 0 saturated carbocycles. The number of piperidine rings is 1. The summed E-state index contributed by atoms with van der Waals surface area (Å²) in [7, 11) is 0. The Bertz CT molecular complexity index is 1010. The third-order valence-electron chi connectivity index (χ3n) is 5.25. The maximum absolute atomic E-state index is 12.1. The fourth-order valence-corrected chi connectivity index (χ4v) is 5.14. The van der Waals surface area contributed by atoms with Crippen LogP contribution < -0.4 is 0 Å². The van der Waals surface area contributed by atoms with Gasteiger partial charge in [-0.2, -0.15) is 4.52 Å². The predicted molar refractivity (Wildman–Crippen MR) is 111 cm³/mol. The minimum absolute atomic E-state index is 0.0735. The number of carbonyl (C=O) groups excluding carboxylic acids is 1. The highest BCUT2D eigenvalue weighted by Gasteiger charge is 2.34. The summed E-state index contributed by atoms with van der Waals surface area (Å²) in [4.78, 5) is 20.2. The molecule has 3 aromatic rings. The normalized spacial score (nSPS) is 16.9. The van der Waals surface area contributed by atoms with Gasteiger partial charge in [-0.25, -0.2) is 4.98 Å². The highest BCUT2D eigenvalue weighted by Crippen LogP contribution is 2.41. The molecule has 0 bridgehead atoms. The number of thiazole rings is 1. The number of likely N-dealkylation sites (tertiary alicyclic amines) is 1. The molecule has 3 heterocycles. The van der Waals surface area contributed by atoms with Crippen molar-refractivity contribution in [2.45, 2.75) is 32.7 Å². The zero-order valence-corrected chi connectivity index (χ0v) is 17.9. The smallest absolute Gasteiger partial charge is 0.309 e. The number of aromatic nitrogens is 3. The molecule has 0 radical (unpaired) electrons. The van der Waals surface area contributed by atoms with Crippen LogP contribution in [0.5, 0.6) is 5.88 Å². The van der Waals surface area contributed by atoms with Crippen molar-refractivity contribution in [3.05, 3.63) is 45.6 Å². The molecule has 0 amide bonds. The van der Waals surface area contributed by atoms with Crippen molar-refractivity contribution in [3.63, 3.8) is 0 Å².